The number of hydrogen-bond acceptors (Lipinski definition) is 3. The zero-order valence-electron chi connectivity index (χ0n) is 8.20. The summed E-state index contributed by atoms with van der Waals surface area (Å²) in [6.07, 6.45) is -0.292. The molecule has 0 N–H and O–H groups in total. The molecule has 0 aliphatic carbocycles. The van der Waals surface area contributed by atoms with E-state index in [2.05, 4.69) is 0 Å². The van der Waals surface area contributed by atoms with Crippen LogP contribution in [-0.2, 0) is 9.47 Å². The predicted molar refractivity (Wildman–Crippen MR) is 54.9 cm³/mol. The molecule has 0 amide bonds. The fourth-order valence-electron chi connectivity index (χ4n) is 0.952. The van der Waals surface area contributed by atoms with Gasteiger partial charge in [-0.3, -0.25) is 0 Å². The molecule has 0 aromatic heterocycles. The minimum Gasteiger partial charge on any atom is -0.355 e. The Bertz CT molecular complexity index is 277. The molecule has 0 heterocycles. The third-order valence-electron chi connectivity index (χ3n) is 1.74. The van der Waals surface area contributed by atoms with E-state index in [9.17, 15) is 4.39 Å². The van der Waals surface area contributed by atoms with Gasteiger partial charge in [0, 0.05) is 24.9 Å². The van der Waals surface area contributed by atoms with Gasteiger partial charge in [0.25, 0.3) is 0 Å². The lowest BCUT2D eigenvalue weighted by molar-refractivity contribution is -0.0842. The minimum absolute atomic E-state index is 0.205. The highest BCUT2D eigenvalue weighted by atomic mass is 32.2. The molecule has 1 aromatic rings. The van der Waals surface area contributed by atoms with Gasteiger partial charge in [-0.15, -0.1) is 11.8 Å². The van der Waals surface area contributed by atoms with Crippen LogP contribution in [0.3, 0.4) is 0 Å². The summed E-state index contributed by atoms with van der Waals surface area (Å²) in [4.78, 5) is 0.617. The fraction of sp³-hybridized carbons (Fsp3) is 0.400. The van der Waals surface area contributed by atoms with E-state index in [1.54, 1.807) is 32.4 Å². The summed E-state index contributed by atoms with van der Waals surface area (Å²) in [5, 5.41) is 0. The van der Waals surface area contributed by atoms with Crippen molar-refractivity contribution in [3.05, 3.63) is 30.1 Å². The number of halogens is 1. The Balaban J connectivity index is 2.49. The van der Waals surface area contributed by atoms with Crippen molar-refractivity contribution >= 4 is 11.8 Å². The third-order valence-corrected chi connectivity index (χ3v) is 2.82. The van der Waals surface area contributed by atoms with Gasteiger partial charge in [0.05, 0.1) is 0 Å². The third kappa shape index (κ3) is 3.29. The van der Waals surface area contributed by atoms with Crippen molar-refractivity contribution in [2.45, 2.75) is 11.2 Å². The van der Waals surface area contributed by atoms with Gasteiger partial charge in [-0.25, -0.2) is 4.39 Å². The Morgan fingerprint density at radius 3 is 2.50 bits per heavy atom. The smallest absolute Gasteiger partial charge is 0.166 e. The molecule has 0 saturated carbocycles. The average molecular weight is 216 g/mol. The van der Waals surface area contributed by atoms with Crippen LogP contribution < -0.4 is 0 Å². The van der Waals surface area contributed by atoms with Crippen molar-refractivity contribution in [3.63, 3.8) is 0 Å². The summed E-state index contributed by atoms with van der Waals surface area (Å²) in [5.74, 6) is 0.372. The first-order valence-corrected chi connectivity index (χ1v) is 5.19. The largest absolute Gasteiger partial charge is 0.355 e. The molecular formula is C10H13FO2S. The molecule has 78 valence electrons. The SMILES string of the molecule is COC(CSc1ccccc1F)OC. The number of rotatable bonds is 5. The van der Waals surface area contributed by atoms with E-state index < -0.39 is 0 Å². The second-order valence-electron chi connectivity index (χ2n) is 2.64. The van der Waals surface area contributed by atoms with Crippen LogP contribution in [-0.4, -0.2) is 26.3 Å². The average Bonchev–Trinajstić information content (AvgIpc) is 2.22. The van der Waals surface area contributed by atoms with Crippen LogP contribution in [0.15, 0.2) is 29.2 Å². The topological polar surface area (TPSA) is 18.5 Å². The summed E-state index contributed by atoms with van der Waals surface area (Å²) in [6, 6.07) is 6.66. The summed E-state index contributed by atoms with van der Waals surface area (Å²) >= 11 is 1.38. The first kappa shape index (κ1) is 11.5. The van der Waals surface area contributed by atoms with Crippen molar-refractivity contribution in [1.82, 2.24) is 0 Å². The minimum atomic E-state index is -0.292. The molecule has 2 nitrogen and oxygen atoms in total. The summed E-state index contributed by atoms with van der Waals surface area (Å²) in [6.45, 7) is 0. The number of thioether (sulfide) groups is 1. The van der Waals surface area contributed by atoms with Crippen LogP contribution in [0, 0.1) is 5.82 Å². The number of benzene rings is 1. The lowest BCUT2D eigenvalue weighted by atomic mass is 10.3. The van der Waals surface area contributed by atoms with Crippen LogP contribution in [0.2, 0.25) is 0 Å². The molecule has 0 atom stereocenters. The highest BCUT2D eigenvalue weighted by Crippen LogP contribution is 2.22. The standard InChI is InChI=1S/C10H13FO2S/c1-12-10(13-2)7-14-9-6-4-3-5-8(9)11/h3-6,10H,7H2,1-2H3. The maximum atomic E-state index is 13.1. The van der Waals surface area contributed by atoms with E-state index >= 15 is 0 Å². The molecule has 0 saturated heterocycles. The Labute approximate surface area is 87.4 Å². The van der Waals surface area contributed by atoms with Crippen LogP contribution in [0.5, 0.6) is 0 Å². The van der Waals surface area contributed by atoms with Crippen molar-refractivity contribution in [2.75, 3.05) is 20.0 Å². The van der Waals surface area contributed by atoms with Crippen molar-refractivity contribution < 1.29 is 13.9 Å². The Hall–Kier alpha value is -0.580. The Morgan fingerprint density at radius 1 is 1.29 bits per heavy atom. The van der Waals surface area contributed by atoms with E-state index in [4.69, 9.17) is 9.47 Å². The maximum Gasteiger partial charge on any atom is 0.166 e. The molecule has 0 spiro atoms. The molecule has 0 aliphatic rings. The molecule has 1 aromatic carbocycles. The van der Waals surface area contributed by atoms with Gasteiger partial charge in [-0.05, 0) is 12.1 Å². The monoisotopic (exact) mass is 216 g/mol. The number of ether oxygens (including phenoxy) is 2. The Morgan fingerprint density at radius 2 is 1.93 bits per heavy atom. The number of methoxy groups -OCH3 is 2. The lowest BCUT2D eigenvalue weighted by Gasteiger charge is -2.12. The van der Waals surface area contributed by atoms with Gasteiger partial charge in [-0.2, -0.15) is 0 Å². The summed E-state index contributed by atoms with van der Waals surface area (Å²) in [5.41, 5.74) is 0. The highest BCUT2D eigenvalue weighted by Gasteiger charge is 2.07. The van der Waals surface area contributed by atoms with Gasteiger partial charge in [0.2, 0.25) is 0 Å². The lowest BCUT2D eigenvalue weighted by Crippen LogP contribution is -2.15. The highest BCUT2D eigenvalue weighted by molar-refractivity contribution is 7.99. The van der Waals surface area contributed by atoms with Crippen LogP contribution in [0.4, 0.5) is 4.39 Å². The first-order chi connectivity index (χ1) is 6.77. The first-order valence-electron chi connectivity index (χ1n) is 4.21. The number of hydrogen-bond donors (Lipinski definition) is 0. The molecule has 1 rings (SSSR count). The second-order valence-corrected chi connectivity index (χ2v) is 3.70. The van der Waals surface area contributed by atoms with E-state index in [0.29, 0.717) is 10.6 Å². The van der Waals surface area contributed by atoms with Gasteiger partial charge >= 0.3 is 0 Å². The van der Waals surface area contributed by atoms with Crippen molar-refractivity contribution in [1.29, 1.82) is 0 Å². The van der Waals surface area contributed by atoms with E-state index in [0.717, 1.165) is 0 Å². The van der Waals surface area contributed by atoms with Crippen LogP contribution >= 0.6 is 11.8 Å². The molecule has 0 radical (unpaired) electrons. The Kier molecular flexibility index (Phi) is 4.93. The molecule has 14 heavy (non-hydrogen) atoms. The predicted octanol–water partition coefficient (Wildman–Crippen LogP) is 2.54. The van der Waals surface area contributed by atoms with Gasteiger partial charge < -0.3 is 9.47 Å². The van der Waals surface area contributed by atoms with E-state index in [1.807, 2.05) is 0 Å². The van der Waals surface area contributed by atoms with Crippen LogP contribution in [0.25, 0.3) is 0 Å². The molecule has 0 aliphatic heterocycles. The summed E-state index contributed by atoms with van der Waals surface area (Å²) < 4.78 is 23.1. The van der Waals surface area contributed by atoms with Gasteiger partial charge in [-0.1, -0.05) is 12.1 Å². The molecule has 0 fully saturated rings. The normalized spacial score (nSPS) is 10.9. The fourth-order valence-corrected chi connectivity index (χ4v) is 1.92. The zero-order valence-corrected chi connectivity index (χ0v) is 9.01. The molecule has 0 unspecified atom stereocenters. The maximum absolute atomic E-state index is 13.1. The second kappa shape index (κ2) is 6.01. The quantitative estimate of drug-likeness (QED) is 0.556. The van der Waals surface area contributed by atoms with Gasteiger partial charge in [0.15, 0.2) is 6.29 Å². The van der Waals surface area contributed by atoms with Crippen LogP contribution in [0.1, 0.15) is 0 Å². The van der Waals surface area contributed by atoms with Gasteiger partial charge in [0.1, 0.15) is 5.82 Å². The molecule has 0 bridgehead atoms. The van der Waals surface area contributed by atoms with E-state index in [1.165, 1.54) is 17.8 Å². The molecule has 4 heteroatoms. The van der Waals surface area contributed by atoms with Crippen molar-refractivity contribution in [2.24, 2.45) is 0 Å². The molecular weight excluding hydrogens is 203 g/mol. The zero-order chi connectivity index (χ0) is 10.4. The summed E-state index contributed by atoms with van der Waals surface area (Å²) in [7, 11) is 3.13. The van der Waals surface area contributed by atoms with Crippen molar-refractivity contribution in [3.8, 4) is 0 Å². The van der Waals surface area contributed by atoms with E-state index in [-0.39, 0.29) is 12.1 Å².